The van der Waals surface area contributed by atoms with Crippen molar-refractivity contribution < 1.29 is 18.7 Å². The third-order valence-corrected chi connectivity index (χ3v) is 7.09. The number of furan rings is 1. The molecule has 1 fully saturated rings. The molecule has 5 aromatic rings. The second-order valence-corrected chi connectivity index (χ2v) is 9.75. The van der Waals surface area contributed by atoms with Crippen molar-refractivity contribution in [3.63, 3.8) is 0 Å². The van der Waals surface area contributed by atoms with E-state index < -0.39 is 0 Å². The zero-order valence-electron chi connectivity index (χ0n) is 19.5. The molecule has 1 saturated carbocycles. The van der Waals surface area contributed by atoms with Gasteiger partial charge in [-0.25, -0.2) is 4.98 Å². The van der Waals surface area contributed by atoms with E-state index in [0.717, 1.165) is 40.1 Å². The third kappa shape index (κ3) is 4.35. The van der Waals surface area contributed by atoms with Crippen LogP contribution in [0.2, 0.25) is 0 Å². The van der Waals surface area contributed by atoms with E-state index in [9.17, 15) is 9.59 Å². The Balaban J connectivity index is 1.22. The number of benzene rings is 3. The van der Waals surface area contributed by atoms with Crippen LogP contribution in [0, 0.1) is 0 Å². The number of rotatable bonds is 7. The fourth-order valence-electron chi connectivity index (χ4n) is 4.25. The first-order valence-corrected chi connectivity index (χ1v) is 12.7. The number of carbonyl (C=O) groups is 2. The Morgan fingerprint density at radius 2 is 1.78 bits per heavy atom. The quantitative estimate of drug-likeness (QED) is 0.278. The van der Waals surface area contributed by atoms with Crippen LogP contribution in [0.3, 0.4) is 0 Å². The molecule has 8 heteroatoms. The zero-order chi connectivity index (χ0) is 24.6. The number of nitrogens with zero attached hydrogens (tertiary/aromatic N) is 1. The molecule has 0 spiro atoms. The van der Waals surface area contributed by atoms with Gasteiger partial charge in [0.25, 0.3) is 5.91 Å². The highest BCUT2D eigenvalue weighted by Crippen LogP contribution is 2.36. The number of amides is 2. The number of aromatic nitrogens is 1. The first kappa shape index (κ1) is 22.4. The van der Waals surface area contributed by atoms with Crippen molar-refractivity contribution in [2.45, 2.75) is 23.9 Å². The topological polar surface area (TPSA) is 93.5 Å². The van der Waals surface area contributed by atoms with E-state index in [-0.39, 0.29) is 23.6 Å². The number of pyridine rings is 1. The van der Waals surface area contributed by atoms with Crippen LogP contribution in [0.25, 0.3) is 32.8 Å². The summed E-state index contributed by atoms with van der Waals surface area (Å²) in [5, 5.41) is 9.30. The van der Waals surface area contributed by atoms with Gasteiger partial charge in [0, 0.05) is 28.3 Å². The van der Waals surface area contributed by atoms with E-state index >= 15 is 0 Å². The lowest BCUT2D eigenvalue weighted by Crippen LogP contribution is -2.25. The second-order valence-electron chi connectivity index (χ2n) is 8.76. The van der Waals surface area contributed by atoms with Gasteiger partial charge in [-0.2, -0.15) is 0 Å². The van der Waals surface area contributed by atoms with Crippen molar-refractivity contribution in [2.24, 2.45) is 0 Å². The highest BCUT2D eigenvalue weighted by atomic mass is 32.2. The average molecular weight is 498 g/mol. The molecule has 0 aliphatic heterocycles. The number of thioether (sulfide) groups is 1. The summed E-state index contributed by atoms with van der Waals surface area (Å²) in [5.74, 6) is 0.352. The van der Waals surface area contributed by atoms with Gasteiger partial charge in [0.1, 0.15) is 16.9 Å². The Hall–Kier alpha value is -4.04. The number of carbonyl (C=O) groups excluding carboxylic acids is 2. The summed E-state index contributed by atoms with van der Waals surface area (Å²) >= 11 is 1.28. The van der Waals surface area contributed by atoms with Crippen LogP contribution in [0.4, 0.5) is 5.69 Å². The Labute approximate surface area is 211 Å². The number of ether oxygens (including phenoxy) is 1. The smallest absolute Gasteiger partial charge is 0.252 e. The maximum atomic E-state index is 12.9. The molecule has 2 aromatic heterocycles. The van der Waals surface area contributed by atoms with E-state index in [4.69, 9.17) is 9.15 Å². The molecule has 3 aromatic carbocycles. The van der Waals surface area contributed by atoms with E-state index in [1.54, 1.807) is 19.2 Å². The fraction of sp³-hybridized carbons (Fsp3) is 0.179. The minimum atomic E-state index is -0.215. The molecule has 36 heavy (non-hydrogen) atoms. The lowest BCUT2D eigenvalue weighted by Gasteiger charge is -2.11. The van der Waals surface area contributed by atoms with Crippen LogP contribution in [-0.2, 0) is 4.79 Å². The van der Waals surface area contributed by atoms with Gasteiger partial charge in [0.05, 0.1) is 34.7 Å². The normalized spacial score (nSPS) is 13.2. The van der Waals surface area contributed by atoms with Gasteiger partial charge in [-0.05, 0) is 37.1 Å². The van der Waals surface area contributed by atoms with Crippen molar-refractivity contribution >= 4 is 62.1 Å². The van der Waals surface area contributed by atoms with Gasteiger partial charge in [-0.3, -0.25) is 9.59 Å². The van der Waals surface area contributed by atoms with E-state index in [1.165, 1.54) is 11.8 Å². The molecule has 0 unspecified atom stereocenters. The zero-order valence-corrected chi connectivity index (χ0v) is 20.4. The van der Waals surface area contributed by atoms with Gasteiger partial charge in [0.2, 0.25) is 5.91 Å². The number of hydrogen-bond donors (Lipinski definition) is 2. The molecular weight excluding hydrogens is 474 g/mol. The molecule has 1 aliphatic rings. The highest BCUT2D eigenvalue weighted by Gasteiger charge is 2.25. The van der Waals surface area contributed by atoms with Crippen LogP contribution in [0.15, 0.2) is 76.2 Å². The monoisotopic (exact) mass is 497 g/mol. The van der Waals surface area contributed by atoms with Crippen molar-refractivity contribution in [1.82, 2.24) is 10.3 Å². The predicted molar refractivity (Wildman–Crippen MR) is 142 cm³/mol. The molecule has 1 aliphatic carbocycles. The maximum absolute atomic E-state index is 12.9. The minimum Gasteiger partial charge on any atom is -0.495 e. The Kier molecular flexibility index (Phi) is 5.73. The van der Waals surface area contributed by atoms with Crippen LogP contribution in [-0.4, -0.2) is 35.7 Å². The van der Waals surface area contributed by atoms with Crippen molar-refractivity contribution in [3.05, 3.63) is 72.3 Å². The second kappa shape index (κ2) is 9.20. The van der Waals surface area contributed by atoms with Crippen molar-refractivity contribution in [2.75, 3.05) is 18.2 Å². The van der Waals surface area contributed by atoms with Gasteiger partial charge in [0.15, 0.2) is 0 Å². The van der Waals surface area contributed by atoms with E-state index in [1.807, 2.05) is 54.6 Å². The Morgan fingerprint density at radius 1 is 1.00 bits per heavy atom. The SMILES string of the molecule is COc1cc2c(cc1NC(=O)CSc1cc(C(=O)NC3CC3)c3ccccc3n1)oc1ccccc12. The minimum absolute atomic E-state index is 0.105. The Morgan fingerprint density at radius 3 is 2.58 bits per heavy atom. The molecule has 0 radical (unpaired) electrons. The summed E-state index contributed by atoms with van der Waals surface area (Å²) in [5.41, 5.74) is 3.28. The third-order valence-electron chi connectivity index (χ3n) is 6.17. The van der Waals surface area contributed by atoms with E-state index in [0.29, 0.717) is 27.6 Å². The Bertz CT molecular complexity index is 1640. The summed E-state index contributed by atoms with van der Waals surface area (Å²) < 4.78 is 11.5. The van der Waals surface area contributed by atoms with Gasteiger partial charge in [-0.15, -0.1) is 0 Å². The van der Waals surface area contributed by atoms with Crippen molar-refractivity contribution in [1.29, 1.82) is 0 Å². The standard InChI is InChI=1S/C28H23N3O4S/c1-34-25-12-19-18-7-3-5-9-23(18)35-24(19)14-22(25)30-26(32)15-36-27-13-20(28(33)29-16-10-11-16)17-6-2-4-8-21(17)31-27/h2-9,12-14,16H,10-11,15H2,1H3,(H,29,33)(H,30,32). The van der Waals surface area contributed by atoms with Gasteiger partial charge >= 0.3 is 0 Å². The lowest BCUT2D eigenvalue weighted by molar-refractivity contribution is -0.113. The summed E-state index contributed by atoms with van der Waals surface area (Å²) in [7, 11) is 1.57. The van der Waals surface area contributed by atoms with Crippen molar-refractivity contribution in [3.8, 4) is 5.75 Å². The average Bonchev–Trinajstić information content (AvgIpc) is 3.64. The largest absolute Gasteiger partial charge is 0.495 e. The molecule has 0 saturated heterocycles. The predicted octanol–water partition coefficient (Wildman–Crippen LogP) is 5.77. The number of methoxy groups -OCH3 is 1. The van der Waals surface area contributed by atoms with Crippen LogP contribution >= 0.6 is 11.8 Å². The molecule has 2 N–H and O–H groups in total. The molecule has 0 bridgehead atoms. The number of para-hydroxylation sites is 2. The molecule has 0 atom stereocenters. The van der Waals surface area contributed by atoms with Gasteiger partial charge in [-0.1, -0.05) is 48.2 Å². The molecule has 2 heterocycles. The van der Waals surface area contributed by atoms with Gasteiger partial charge < -0.3 is 19.8 Å². The fourth-order valence-corrected chi connectivity index (χ4v) is 4.96. The number of anilines is 1. The lowest BCUT2D eigenvalue weighted by atomic mass is 10.1. The highest BCUT2D eigenvalue weighted by molar-refractivity contribution is 7.99. The molecule has 2 amide bonds. The summed E-state index contributed by atoms with van der Waals surface area (Å²) in [4.78, 5) is 30.4. The first-order chi connectivity index (χ1) is 17.6. The number of fused-ring (bicyclic) bond motifs is 4. The summed E-state index contributed by atoms with van der Waals surface area (Å²) in [6.45, 7) is 0. The molecule has 6 rings (SSSR count). The molecule has 7 nitrogen and oxygen atoms in total. The molecule has 180 valence electrons. The maximum Gasteiger partial charge on any atom is 0.252 e. The summed E-state index contributed by atoms with van der Waals surface area (Å²) in [6, 6.07) is 21.0. The van der Waals surface area contributed by atoms with Crippen LogP contribution < -0.4 is 15.4 Å². The van der Waals surface area contributed by atoms with Crippen LogP contribution in [0.1, 0.15) is 23.2 Å². The number of hydrogen-bond acceptors (Lipinski definition) is 6. The summed E-state index contributed by atoms with van der Waals surface area (Å²) in [6.07, 6.45) is 2.03. The van der Waals surface area contributed by atoms with Crippen LogP contribution in [0.5, 0.6) is 5.75 Å². The molecular formula is C28H23N3O4S. The number of nitrogens with one attached hydrogen (secondary N) is 2. The first-order valence-electron chi connectivity index (χ1n) is 11.7. The van der Waals surface area contributed by atoms with E-state index in [2.05, 4.69) is 15.6 Å².